The van der Waals surface area contributed by atoms with Crippen molar-refractivity contribution in [3.63, 3.8) is 0 Å². The molecule has 42 heavy (non-hydrogen) atoms. The van der Waals surface area contributed by atoms with E-state index in [0.717, 1.165) is 51.0 Å². The molecule has 0 radical (unpaired) electrons. The lowest BCUT2D eigenvalue weighted by atomic mass is 10.1. The Bertz CT molecular complexity index is 1180. The first kappa shape index (κ1) is 33.6. The fraction of sp³-hybridized carbons (Fsp3) is 0.548. The van der Waals surface area contributed by atoms with Crippen LogP contribution in [0.15, 0.2) is 52.3 Å². The number of hydrogen-bond acceptors (Lipinski definition) is 6. The Morgan fingerprint density at radius 1 is 0.952 bits per heavy atom. The van der Waals surface area contributed by atoms with E-state index in [-0.39, 0.29) is 12.7 Å². The van der Waals surface area contributed by atoms with E-state index in [9.17, 15) is 22.8 Å². The number of alkyl carbamates (subject to hydrolysis) is 1. The molecule has 1 N–H and O–H groups in total. The van der Waals surface area contributed by atoms with Crippen molar-refractivity contribution in [2.45, 2.75) is 87.8 Å². The van der Waals surface area contributed by atoms with Crippen LogP contribution in [0.5, 0.6) is 0 Å². The van der Waals surface area contributed by atoms with Gasteiger partial charge in [-0.2, -0.15) is 13.2 Å². The van der Waals surface area contributed by atoms with E-state index in [0.29, 0.717) is 27.7 Å². The van der Waals surface area contributed by atoms with Gasteiger partial charge in [-0.3, -0.25) is 0 Å². The second-order valence-electron chi connectivity index (χ2n) is 11.2. The number of nitrogens with one attached hydrogen (secondary N) is 1. The van der Waals surface area contributed by atoms with Gasteiger partial charge in [0.2, 0.25) is 0 Å². The standard InChI is InChI=1S/C19H18F3NO2S.C12H24N2O2/c1-2-3-6-11-25-18(24)23-14-7-4-5-8-16(14)26-17-12-13(19(20,21)22)9-10-15(17)23;1-12(2,3)16-11(15)13-7-10-14-8-5-4-6-9-14/h4-5,7-10,12H,2-3,6,11H2,1H3;4-10H2,1-3H3,(H,13,15). The summed E-state index contributed by atoms with van der Waals surface area (Å²) >= 11 is 1.22. The number of anilines is 2. The van der Waals surface area contributed by atoms with Crippen molar-refractivity contribution in [3.8, 4) is 0 Å². The number of carbonyl (C=O) groups is 2. The minimum absolute atomic E-state index is 0.286. The van der Waals surface area contributed by atoms with Crippen molar-refractivity contribution in [1.82, 2.24) is 10.2 Å². The van der Waals surface area contributed by atoms with E-state index in [1.807, 2.05) is 20.8 Å². The lowest BCUT2D eigenvalue weighted by Crippen LogP contribution is -2.39. The summed E-state index contributed by atoms with van der Waals surface area (Å²) in [5, 5.41) is 2.78. The van der Waals surface area contributed by atoms with E-state index in [1.165, 1.54) is 42.0 Å². The molecule has 2 aliphatic rings. The highest BCUT2D eigenvalue weighted by molar-refractivity contribution is 7.99. The molecule has 0 aliphatic carbocycles. The first-order valence-corrected chi connectivity index (χ1v) is 15.3. The number of nitrogens with zero attached hydrogens (tertiary/aromatic N) is 2. The number of rotatable bonds is 7. The van der Waals surface area contributed by atoms with Crippen LogP contribution >= 0.6 is 11.8 Å². The molecule has 0 saturated carbocycles. The largest absolute Gasteiger partial charge is 0.449 e. The highest BCUT2D eigenvalue weighted by Crippen LogP contribution is 2.49. The van der Waals surface area contributed by atoms with Crippen LogP contribution in [0.25, 0.3) is 0 Å². The molecule has 1 saturated heterocycles. The average molecular weight is 610 g/mol. The topological polar surface area (TPSA) is 71.1 Å². The number of hydrogen-bond donors (Lipinski definition) is 1. The maximum atomic E-state index is 13.0. The lowest BCUT2D eigenvalue weighted by molar-refractivity contribution is -0.137. The Morgan fingerprint density at radius 3 is 2.31 bits per heavy atom. The maximum absolute atomic E-state index is 13.0. The highest BCUT2D eigenvalue weighted by Gasteiger charge is 2.35. The molecule has 0 aromatic heterocycles. The Hall–Kier alpha value is -2.92. The quantitative estimate of drug-likeness (QED) is 0.317. The van der Waals surface area contributed by atoms with E-state index < -0.39 is 23.4 Å². The summed E-state index contributed by atoms with van der Waals surface area (Å²) in [5.41, 5.74) is -0.123. The number of piperidine rings is 1. The number of benzene rings is 2. The van der Waals surface area contributed by atoms with Gasteiger partial charge >= 0.3 is 18.4 Å². The molecular formula is C31H42F3N3O4S. The number of para-hydroxylation sites is 1. The van der Waals surface area contributed by atoms with Crippen molar-refractivity contribution in [2.75, 3.05) is 37.7 Å². The summed E-state index contributed by atoms with van der Waals surface area (Å²) < 4.78 is 49.6. The third kappa shape index (κ3) is 10.4. The molecule has 2 aromatic carbocycles. The molecule has 4 rings (SSSR count). The molecular weight excluding hydrogens is 567 g/mol. The summed E-state index contributed by atoms with van der Waals surface area (Å²) in [4.78, 5) is 28.8. The maximum Gasteiger partial charge on any atom is 0.419 e. The fourth-order valence-electron chi connectivity index (χ4n) is 4.52. The molecule has 2 amide bonds. The predicted molar refractivity (Wildman–Crippen MR) is 160 cm³/mol. The third-order valence-corrected chi connectivity index (χ3v) is 7.67. The van der Waals surface area contributed by atoms with Gasteiger partial charge < -0.3 is 19.7 Å². The number of fused-ring (bicyclic) bond motifs is 2. The molecule has 0 atom stereocenters. The zero-order valence-corrected chi connectivity index (χ0v) is 25.7. The fourth-order valence-corrected chi connectivity index (χ4v) is 5.62. The van der Waals surface area contributed by atoms with Gasteiger partial charge in [0.15, 0.2) is 0 Å². The zero-order valence-electron chi connectivity index (χ0n) is 24.9. The SMILES string of the molecule is CC(C)(C)OC(=O)NCCN1CCCCC1.CCCCCOC(=O)N1c2ccccc2Sc2cc(C(F)(F)F)ccc21. The van der Waals surface area contributed by atoms with Gasteiger partial charge in [0.05, 0.1) is 23.5 Å². The number of unbranched alkanes of at least 4 members (excludes halogenated alkanes) is 2. The summed E-state index contributed by atoms with van der Waals surface area (Å²) in [6.45, 7) is 11.9. The summed E-state index contributed by atoms with van der Waals surface area (Å²) in [5.74, 6) is 0. The normalized spacial score (nSPS) is 15.1. The number of ether oxygens (including phenoxy) is 2. The average Bonchev–Trinajstić information content (AvgIpc) is 2.93. The van der Waals surface area contributed by atoms with Crippen molar-refractivity contribution in [2.24, 2.45) is 0 Å². The molecule has 2 heterocycles. The van der Waals surface area contributed by atoms with Crippen LogP contribution in [-0.2, 0) is 15.7 Å². The third-order valence-electron chi connectivity index (χ3n) is 6.56. The zero-order chi connectivity index (χ0) is 30.8. The van der Waals surface area contributed by atoms with Crippen LogP contribution in [0.2, 0.25) is 0 Å². The number of likely N-dealkylation sites (tertiary alicyclic amines) is 1. The second-order valence-corrected chi connectivity index (χ2v) is 12.3. The Morgan fingerprint density at radius 2 is 1.64 bits per heavy atom. The molecule has 1 fully saturated rings. The number of amides is 2. The minimum atomic E-state index is -4.43. The van der Waals surface area contributed by atoms with Gasteiger partial charge in [-0.05, 0) is 83.5 Å². The Kier molecular flexibility index (Phi) is 12.4. The van der Waals surface area contributed by atoms with Gasteiger partial charge in [-0.1, -0.05) is 50.1 Å². The number of carbonyl (C=O) groups excluding carboxylic acids is 2. The van der Waals surface area contributed by atoms with Gasteiger partial charge in [0.1, 0.15) is 5.60 Å². The molecule has 0 unspecified atom stereocenters. The molecule has 232 valence electrons. The predicted octanol–water partition coefficient (Wildman–Crippen LogP) is 8.63. The molecule has 0 spiro atoms. The van der Waals surface area contributed by atoms with E-state index in [2.05, 4.69) is 17.1 Å². The van der Waals surface area contributed by atoms with Crippen LogP contribution in [0.1, 0.15) is 71.8 Å². The summed E-state index contributed by atoms with van der Waals surface area (Å²) in [7, 11) is 0. The van der Waals surface area contributed by atoms with Gasteiger partial charge in [0, 0.05) is 22.9 Å². The first-order valence-electron chi connectivity index (χ1n) is 14.5. The molecule has 2 aromatic rings. The summed E-state index contributed by atoms with van der Waals surface area (Å²) in [6, 6.07) is 10.5. The van der Waals surface area contributed by atoms with Gasteiger partial charge in [-0.15, -0.1) is 0 Å². The second kappa shape index (κ2) is 15.5. The van der Waals surface area contributed by atoms with Gasteiger partial charge in [-0.25, -0.2) is 14.5 Å². The van der Waals surface area contributed by atoms with Crippen LogP contribution in [0.3, 0.4) is 0 Å². The van der Waals surface area contributed by atoms with E-state index >= 15 is 0 Å². The van der Waals surface area contributed by atoms with Crippen LogP contribution in [-0.4, -0.2) is 55.5 Å². The van der Waals surface area contributed by atoms with E-state index in [1.54, 1.807) is 24.3 Å². The number of alkyl halides is 3. The molecule has 11 heteroatoms. The molecule has 0 bridgehead atoms. The molecule has 7 nitrogen and oxygen atoms in total. The smallest absolute Gasteiger partial charge is 0.419 e. The van der Waals surface area contributed by atoms with Crippen molar-refractivity contribution in [1.29, 1.82) is 0 Å². The van der Waals surface area contributed by atoms with Crippen LogP contribution < -0.4 is 10.2 Å². The van der Waals surface area contributed by atoms with Crippen LogP contribution in [0.4, 0.5) is 34.1 Å². The monoisotopic (exact) mass is 609 g/mol. The van der Waals surface area contributed by atoms with E-state index in [4.69, 9.17) is 9.47 Å². The van der Waals surface area contributed by atoms with Crippen molar-refractivity contribution < 1.29 is 32.2 Å². The Labute approximate surface area is 251 Å². The highest BCUT2D eigenvalue weighted by atomic mass is 32.2. The minimum Gasteiger partial charge on any atom is -0.449 e. The molecule has 2 aliphatic heterocycles. The number of halogens is 3. The van der Waals surface area contributed by atoms with Crippen molar-refractivity contribution in [3.05, 3.63) is 48.0 Å². The van der Waals surface area contributed by atoms with Gasteiger partial charge in [0.25, 0.3) is 0 Å². The first-order chi connectivity index (χ1) is 19.9. The van der Waals surface area contributed by atoms with Crippen LogP contribution in [0, 0.1) is 0 Å². The van der Waals surface area contributed by atoms with Crippen molar-refractivity contribution >= 4 is 35.3 Å². The Balaban J connectivity index is 0.000000260. The lowest BCUT2D eigenvalue weighted by Gasteiger charge is -2.30. The summed E-state index contributed by atoms with van der Waals surface area (Å²) in [6.07, 6.45) is 1.30.